The van der Waals surface area contributed by atoms with Crippen molar-refractivity contribution in [1.82, 2.24) is 0 Å². The quantitative estimate of drug-likeness (QED) is 0.729. The molecule has 1 nitrogen and oxygen atoms in total. The van der Waals surface area contributed by atoms with Crippen molar-refractivity contribution in [3.63, 3.8) is 0 Å². The van der Waals surface area contributed by atoms with Crippen LogP contribution >= 0.6 is 11.6 Å². The highest BCUT2D eigenvalue weighted by Crippen LogP contribution is 2.53. The zero-order valence-electron chi connectivity index (χ0n) is 7.39. The molecule has 0 spiro atoms. The Bertz CT molecular complexity index is 368. The van der Waals surface area contributed by atoms with Crippen molar-refractivity contribution in [1.29, 1.82) is 0 Å². The molecule has 0 amide bonds. The average Bonchev–Trinajstić information content (AvgIpc) is 2.74. The molecule has 1 aromatic carbocycles. The third-order valence-electron chi connectivity index (χ3n) is 3.46. The number of hydrogen-bond donors (Lipinski definition) is 1. The van der Waals surface area contributed by atoms with E-state index in [4.69, 9.17) is 17.3 Å². The van der Waals surface area contributed by atoms with E-state index in [-0.39, 0.29) is 5.54 Å². The number of rotatable bonds is 1. The molecule has 13 heavy (non-hydrogen) atoms. The molecule has 2 heteroatoms. The highest BCUT2D eigenvalue weighted by molar-refractivity contribution is 6.31. The van der Waals surface area contributed by atoms with Gasteiger partial charge >= 0.3 is 0 Å². The van der Waals surface area contributed by atoms with E-state index < -0.39 is 0 Å². The summed E-state index contributed by atoms with van der Waals surface area (Å²) in [6.45, 7) is 0. The first-order chi connectivity index (χ1) is 6.21. The van der Waals surface area contributed by atoms with Gasteiger partial charge in [-0.15, -0.1) is 0 Å². The van der Waals surface area contributed by atoms with Crippen LogP contribution in [0.25, 0.3) is 0 Å². The van der Waals surface area contributed by atoms with E-state index in [0.29, 0.717) is 5.92 Å². The molecule has 1 fully saturated rings. The van der Waals surface area contributed by atoms with Gasteiger partial charge in [0, 0.05) is 16.5 Å². The van der Waals surface area contributed by atoms with E-state index in [1.54, 1.807) is 0 Å². The highest BCUT2D eigenvalue weighted by atomic mass is 35.5. The van der Waals surface area contributed by atoms with Crippen molar-refractivity contribution >= 4 is 11.6 Å². The van der Waals surface area contributed by atoms with Crippen LogP contribution in [0, 0.1) is 0 Å². The molecule has 0 aromatic heterocycles. The monoisotopic (exact) mass is 193 g/mol. The van der Waals surface area contributed by atoms with Crippen LogP contribution in [-0.2, 0) is 6.42 Å². The van der Waals surface area contributed by atoms with Crippen LogP contribution in [0.4, 0.5) is 0 Å². The van der Waals surface area contributed by atoms with Crippen molar-refractivity contribution < 1.29 is 0 Å². The Kier molecular flexibility index (Phi) is 1.38. The molecule has 2 N–H and O–H groups in total. The van der Waals surface area contributed by atoms with Gasteiger partial charge in [-0.25, -0.2) is 0 Å². The van der Waals surface area contributed by atoms with E-state index in [1.165, 1.54) is 24.0 Å². The molecule has 0 aliphatic heterocycles. The van der Waals surface area contributed by atoms with Crippen LogP contribution in [0.1, 0.15) is 29.9 Å². The fraction of sp³-hybridized carbons (Fsp3) is 0.455. The van der Waals surface area contributed by atoms with Gasteiger partial charge < -0.3 is 5.73 Å². The molecule has 1 aromatic rings. The summed E-state index contributed by atoms with van der Waals surface area (Å²) in [6.07, 6.45) is 3.46. The highest BCUT2D eigenvalue weighted by Gasteiger charge is 2.50. The van der Waals surface area contributed by atoms with Crippen molar-refractivity contribution in [2.75, 3.05) is 0 Å². The first-order valence-electron chi connectivity index (χ1n) is 4.77. The molecule has 2 aliphatic carbocycles. The third kappa shape index (κ3) is 0.976. The SMILES string of the molecule is NC1(C2Cc3c(Cl)cccc32)CC1. The van der Waals surface area contributed by atoms with Crippen LogP contribution in [0.15, 0.2) is 18.2 Å². The van der Waals surface area contributed by atoms with Crippen LogP contribution in [0.5, 0.6) is 0 Å². The molecule has 1 unspecified atom stereocenters. The van der Waals surface area contributed by atoms with Gasteiger partial charge in [0.15, 0.2) is 0 Å². The summed E-state index contributed by atoms with van der Waals surface area (Å²) in [5, 5.41) is 0.915. The summed E-state index contributed by atoms with van der Waals surface area (Å²) in [5.74, 6) is 0.584. The molecule has 0 saturated heterocycles. The Morgan fingerprint density at radius 1 is 1.38 bits per heavy atom. The fourth-order valence-corrected chi connectivity index (χ4v) is 2.56. The van der Waals surface area contributed by atoms with Crippen LogP contribution in [-0.4, -0.2) is 5.54 Å². The summed E-state index contributed by atoms with van der Waals surface area (Å²) < 4.78 is 0. The number of benzene rings is 1. The lowest BCUT2D eigenvalue weighted by molar-refractivity contribution is 0.469. The van der Waals surface area contributed by atoms with Crippen molar-refractivity contribution in [2.24, 2.45) is 5.73 Å². The lowest BCUT2D eigenvalue weighted by Crippen LogP contribution is -2.37. The molecular weight excluding hydrogens is 182 g/mol. The van der Waals surface area contributed by atoms with E-state index in [9.17, 15) is 0 Å². The fourth-order valence-electron chi connectivity index (χ4n) is 2.31. The minimum atomic E-state index is 0.123. The summed E-state index contributed by atoms with van der Waals surface area (Å²) in [6, 6.07) is 6.16. The van der Waals surface area contributed by atoms with E-state index in [1.807, 2.05) is 12.1 Å². The molecule has 3 rings (SSSR count). The number of halogens is 1. The van der Waals surface area contributed by atoms with Crippen LogP contribution in [0.3, 0.4) is 0 Å². The minimum absolute atomic E-state index is 0.123. The van der Waals surface area contributed by atoms with Gasteiger partial charge in [0.1, 0.15) is 0 Å². The van der Waals surface area contributed by atoms with Gasteiger partial charge in [-0.2, -0.15) is 0 Å². The minimum Gasteiger partial charge on any atom is -0.325 e. The average molecular weight is 194 g/mol. The zero-order chi connectivity index (χ0) is 9.05. The summed E-state index contributed by atoms with van der Waals surface area (Å²) in [5.41, 5.74) is 9.02. The van der Waals surface area contributed by atoms with E-state index in [0.717, 1.165) is 11.4 Å². The first-order valence-corrected chi connectivity index (χ1v) is 5.15. The third-order valence-corrected chi connectivity index (χ3v) is 3.81. The van der Waals surface area contributed by atoms with Gasteiger partial charge in [0.25, 0.3) is 0 Å². The standard InChI is InChI=1S/C11H12ClN/c12-10-3-1-2-7-8(10)6-9(7)11(13)4-5-11/h1-3,9H,4-6,13H2. The molecule has 1 atom stereocenters. The summed E-state index contributed by atoms with van der Waals surface area (Å²) in [4.78, 5) is 0. The Morgan fingerprint density at radius 3 is 2.85 bits per heavy atom. The maximum Gasteiger partial charge on any atom is 0.0441 e. The predicted octanol–water partition coefficient (Wildman–Crippen LogP) is 2.47. The van der Waals surface area contributed by atoms with Gasteiger partial charge in [-0.1, -0.05) is 23.7 Å². The number of fused-ring (bicyclic) bond motifs is 1. The predicted molar refractivity (Wildman–Crippen MR) is 54.0 cm³/mol. The Balaban J connectivity index is 2.01. The molecule has 2 aliphatic rings. The van der Waals surface area contributed by atoms with E-state index in [2.05, 4.69) is 6.07 Å². The molecule has 0 radical (unpaired) electrons. The topological polar surface area (TPSA) is 26.0 Å². The molecule has 0 bridgehead atoms. The van der Waals surface area contributed by atoms with Crippen molar-refractivity contribution in [2.45, 2.75) is 30.7 Å². The smallest absolute Gasteiger partial charge is 0.0441 e. The lowest BCUT2D eigenvalue weighted by Gasteiger charge is -2.35. The Hall–Kier alpha value is -0.530. The van der Waals surface area contributed by atoms with Gasteiger partial charge in [0.2, 0.25) is 0 Å². The second kappa shape index (κ2) is 2.28. The second-order valence-corrected chi connectivity index (χ2v) is 4.70. The molecule has 1 saturated carbocycles. The van der Waals surface area contributed by atoms with Gasteiger partial charge in [-0.3, -0.25) is 0 Å². The van der Waals surface area contributed by atoms with Gasteiger partial charge in [0.05, 0.1) is 0 Å². The first kappa shape index (κ1) is 7.84. The summed E-state index contributed by atoms with van der Waals surface area (Å²) in [7, 11) is 0. The number of hydrogen-bond acceptors (Lipinski definition) is 1. The van der Waals surface area contributed by atoms with Crippen molar-refractivity contribution in [3.8, 4) is 0 Å². The molecule has 0 heterocycles. The maximum atomic E-state index is 6.17. The second-order valence-electron chi connectivity index (χ2n) is 4.30. The largest absolute Gasteiger partial charge is 0.325 e. The van der Waals surface area contributed by atoms with Gasteiger partial charge in [-0.05, 0) is 36.5 Å². The van der Waals surface area contributed by atoms with Crippen molar-refractivity contribution in [3.05, 3.63) is 34.3 Å². The normalized spacial score (nSPS) is 27.7. The maximum absolute atomic E-state index is 6.17. The Morgan fingerprint density at radius 2 is 2.15 bits per heavy atom. The number of nitrogens with two attached hydrogens (primary N) is 1. The Labute approximate surface area is 82.9 Å². The molecular formula is C11H12ClN. The summed E-state index contributed by atoms with van der Waals surface area (Å²) >= 11 is 6.06. The lowest BCUT2D eigenvalue weighted by atomic mass is 9.72. The van der Waals surface area contributed by atoms with Crippen LogP contribution < -0.4 is 5.73 Å². The van der Waals surface area contributed by atoms with Crippen LogP contribution in [0.2, 0.25) is 5.02 Å². The molecule has 68 valence electrons. The zero-order valence-corrected chi connectivity index (χ0v) is 8.14. The van der Waals surface area contributed by atoms with E-state index >= 15 is 0 Å².